The summed E-state index contributed by atoms with van der Waals surface area (Å²) in [5, 5.41) is 15.8. The first kappa shape index (κ1) is 28.5. The maximum Gasteiger partial charge on any atom is 0.282 e. The monoisotopic (exact) mass is 600 g/mol. The lowest BCUT2D eigenvalue weighted by Crippen LogP contribution is -2.20. The van der Waals surface area contributed by atoms with Crippen LogP contribution in [0.5, 0.6) is 11.5 Å². The van der Waals surface area contributed by atoms with Gasteiger partial charge in [0.1, 0.15) is 12.2 Å². The molecule has 0 fully saturated rings. The van der Waals surface area contributed by atoms with Gasteiger partial charge in [-0.25, -0.2) is 4.98 Å². The van der Waals surface area contributed by atoms with Crippen LogP contribution in [0, 0.1) is 11.3 Å². The van der Waals surface area contributed by atoms with E-state index in [9.17, 15) is 10.1 Å². The van der Waals surface area contributed by atoms with Gasteiger partial charge >= 0.3 is 0 Å². The Balaban J connectivity index is 1.43. The van der Waals surface area contributed by atoms with Gasteiger partial charge in [0.05, 0.1) is 35.9 Å². The number of hydrogen-bond acceptors (Lipinski definition) is 7. The van der Waals surface area contributed by atoms with Crippen molar-refractivity contribution in [1.82, 2.24) is 9.66 Å². The maximum atomic E-state index is 13.7. The smallest absolute Gasteiger partial charge is 0.282 e. The van der Waals surface area contributed by atoms with Crippen LogP contribution in [0.1, 0.15) is 22.3 Å². The molecule has 0 N–H and O–H groups in total. The molecule has 216 valence electrons. The standard InChI is InChI=1S/C35H25ClN4O4/c1-3-8-23-15-22(16-31(42-2)33(23)43-21-25-10-5-4-9-24(25)19-37)20-38-40-34(39-29-12-7-6-11-28(29)35(40)41)32-18-26-17-27(36)13-14-30(26)44-32/h3-7,9-18,20H,1,8,21H2,2H3. The van der Waals surface area contributed by atoms with Gasteiger partial charge in [0.15, 0.2) is 17.3 Å². The van der Waals surface area contributed by atoms with Crippen molar-refractivity contribution in [2.24, 2.45) is 5.10 Å². The zero-order valence-electron chi connectivity index (χ0n) is 23.7. The largest absolute Gasteiger partial charge is 0.493 e. The van der Waals surface area contributed by atoms with E-state index in [1.165, 1.54) is 4.68 Å². The van der Waals surface area contributed by atoms with Crippen LogP contribution in [-0.2, 0) is 13.0 Å². The Kier molecular flexibility index (Phi) is 7.96. The van der Waals surface area contributed by atoms with E-state index in [1.54, 1.807) is 74.0 Å². The van der Waals surface area contributed by atoms with E-state index < -0.39 is 0 Å². The summed E-state index contributed by atoms with van der Waals surface area (Å²) in [6, 6.07) is 27.3. The van der Waals surface area contributed by atoms with Crippen molar-refractivity contribution in [3.05, 3.63) is 135 Å². The van der Waals surface area contributed by atoms with Crippen molar-refractivity contribution in [3.63, 3.8) is 0 Å². The highest BCUT2D eigenvalue weighted by molar-refractivity contribution is 6.31. The van der Waals surface area contributed by atoms with E-state index >= 15 is 0 Å². The number of nitrogens with zero attached hydrogens (tertiary/aromatic N) is 4. The van der Waals surface area contributed by atoms with E-state index in [-0.39, 0.29) is 18.0 Å². The highest BCUT2D eigenvalue weighted by Crippen LogP contribution is 2.34. The molecule has 0 amide bonds. The first-order valence-corrected chi connectivity index (χ1v) is 14.0. The van der Waals surface area contributed by atoms with Crippen LogP contribution in [0.3, 0.4) is 0 Å². The Bertz CT molecular complexity index is 2170. The molecule has 0 saturated heterocycles. The van der Waals surface area contributed by atoms with Crippen LogP contribution < -0.4 is 15.0 Å². The highest BCUT2D eigenvalue weighted by atomic mass is 35.5. The summed E-state index contributed by atoms with van der Waals surface area (Å²) in [6.45, 7) is 4.07. The minimum Gasteiger partial charge on any atom is -0.493 e. The molecule has 4 aromatic carbocycles. The molecule has 0 atom stereocenters. The number of benzene rings is 4. The normalized spacial score (nSPS) is 11.2. The number of ether oxygens (including phenoxy) is 2. The first-order chi connectivity index (χ1) is 21.5. The van der Waals surface area contributed by atoms with Crippen molar-refractivity contribution in [2.45, 2.75) is 13.0 Å². The zero-order valence-corrected chi connectivity index (χ0v) is 24.4. The van der Waals surface area contributed by atoms with Crippen molar-refractivity contribution >= 4 is 39.7 Å². The topological polar surface area (TPSA) is 103 Å². The van der Waals surface area contributed by atoms with Crippen molar-refractivity contribution < 1.29 is 13.9 Å². The molecule has 0 spiro atoms. The minimum atomic E-state index is -0.352. The van der Waals surface area contributed by atoms with Gasteiger partial charge in [-0.1, -0.05) is 48.0 Å². The second-order valence-corrected chi connectivity index (χ2v) is 10.3. The minimum absolute atomic E-state index is 0.182. The Morgan fingerprint density at radius 3 is 2.70 bits per heavy atom. The number of aromatic nitrogens is 2. The SMILES string of the molecule is C=CCc1cc(C=Nn2c(-c3cc4cc(Cl)ccc4o3)nc3ccccc3c2=O)cc(OC)c1OCc1ccccc1C#N. The summed E-state index contributed by atoms with van der Waals surface area (Å²) < 4.78 is 19.2. The van der Waals surface area contributed by atoms with Gasteiger partial charge in [0.2, 0.25) is 5.82 Å². The van der Waals surface area contributed by atoms with Crippen molar-refractivity contribution in [2.75, 3.05) is 7.11 Å². The Morgan fingerprint density at radius 2 is 1.89 bits per heavy atom. The maximum absolute atomic E-state index is 13.7. The quantitative estimate of drug-likeness (QED) is 0.125. The molecule has 9 heteroatoms. The number of para-hydroxylation sites is 1. The lowest BCUT2D eigenvalue weighted by molar-refractivity contribution is 0.281. The Labute approximate surface area is 257 Å². The number of hydrogen-bond donors (Lipinski definition) is 0. The van der Waals surface area contributed by atoms with Crippen LogP contribution in [0.15, 0.2) is 112 Å². The van der Waals surface area contributed by atoms with Gasteiger partial charge in [0, 0.05) is 21.5 Å². The van der Waals surface area contributed by atoms with Crippen LogP contribution in [0.2, 0.25) is 5.02 Å². The number of rotatable bonds is 9. The summed E-state index contributed by atoms with van der Waals surface area (Å²) in [5.41, 5.74) is 3.53. The van der Waals surface area contributed by atoms with Gasteiger partial charge in [-0.15, -0.1) is 6.58 Å². The van der Waals surface area contributed by atoms with E-state index in [0.29, 0.717) is 56.3 Å². The van der Waals surface area contributed by atoms with Crippen LogP contribution in [-0.4, -0.2) is 23.0 Å². The van der Waals surface area contributed by atoms with E-state index in [4.69, 9.17) is 30.5 Å². The van der Waals surface area contributed by atoms with Gasteiger partial charge in [-0.3, -0.25) is 4.79 Å². The Hall–Kier alpha value is -5.65. The number of allylic oxidation sites excluding steroid dienone is 1. The first-order valence-electron chi connectivity index (χ1n) is 13.7. The predicted molar refractivity (Wildman–Crippen MR) is 172 cm³/mol. The lowest BCUT2D eigenvalue weighted by Gasteiger charge is -2.16. The van der Waals surface area contributed by atoms with E-state index in [0.717, 1.165) is 16.5 Å². The van der Waals surface area contributed by atoms with E-state index in [2.05, 4.69) is 17.7 Å². The fourth-order valence-electron chi connectivity index (χ4n) is 4.92. The summed E-state index contributed by atoms with van der Waals surface area (Å²) in [7, 11) is 1.55. The lowest BCUT2D eigenvalue weighted by atomic mass is 10.1. The molecule has 6 aromatic rings. The van der Waals surface area contributed by atoms with Gasteiger partial charge < -0.3 is 13.9 Å². The number of halogens is 1. The van der Waals surface area contributed by atoms with Gasteiger partial charge in [0.25, 0.3) is 5.56 Å². The second-order valence-electron chi connectivity index (χ2n) is 9.87. The fraction of sp³-hybridized carbons (Fsp3) is 0.0857. The second kappa shape index (κ2) is 12.3. The number of fused-ring (bicyclic) bond motifs is 2. The average Bonchev–Trinajstić information content (AvgIpc) is 3.47. The third kappa shape index (κ3) is 5.56. The number of methoxy groups -OCH3 is 1. The molecule has 0 aliphatic heterocycles. The van der Waals surface area contributed by atoms with Crippen LogP contribution >= 0.6 is 11.6 Å². The highest BCUT2D eigenvalue weighted by Gasteiger charge is 2.18. The molecule has 0 bridgehead atoms. The molecule has 0 saturated carbocycles. The number of nitriles is 1. The van der Waals surface area contributed by atoms with Crippen molar-refractivity contribution in [3.8, 4) is 29.2 Å². The summed E-state index contributed by atoms with van der Waals surface area (Å²) in [5.74, 6) is 1.61. The average molecular weight is 601 g/mol. The molecule has 2 heterocycles. The summed E-state index contributed by atoms with van der Waals surface area (Å²) in [6.07, 6.45) is 3.80. The number of furan rings is 1. The molecule has 6 rings (SSSR count). The van der Waals surface area contributed by atoms with Gasteiger partial charge in [-0.05, 0) is 66.6 Å². The molecule has 0 aliphatic rings. The fourth-order valence-corrected chi connectivity index (χ4v) is 5.11. The molecular weight excluding hydrogens is 576 g/mol. The Morgan fingerprint density at radius 1 is 1.07 bits per heavy atom. The molecular formula is C35H25ClN4O4. The van der Waals surface area contributed by atoms with Gasteiger partial charge in [-0.2, -0.15) is 15.0 Å². The molecule has 2 aromatic heterocycles. The molecule has 0 aliphatic carbocycles. The molecule has 44 heavy (non-hydrogen) atoms. The van der Waals surface area contributed by atoms with E-state index in [1.807, 2.05) is 30.3 Å². The summed E-state index contributed by atoms with van der Waals surface area (Å²) in [4.78, 5) is 18.4. The third-order valence-corrected chi connectivity index (χ3v) is 7.26. The zero-order chi connectivity index (χ0) is 30.6. The van der Waals surface area contributed by atoms with Crippen LogP contribution in [0.25, 0.3) is 33.5 Å². The summed E-state index contributed by atoms with van der Waals surface area (Å²) >= 11 is 6.19. The molecule has 0 radical (unpaired) electrons. The molecule has 8 nitrogen and oxygen atoms in total. The molecule has 0 unspecified atom stereocenters. The third-order valence-electron chi connectivity index (χ3n) is 7.02. The van der Waals surface area contributed by atoms with Crippen LogP contribution in [0.4, 0.5) is 0 Å². The van der Waals surface area contributed by atoms with Crippen molar-refractivity contribution in [1.29, 1.82) is 5.26 Å². The predicted octanol–water partition coefficient (Wildman–Crippen LogP) is 7.53.